The second-order valence-corrected chi connectivity index (χ2v) is 18.1. The van der Waals surface area contributed by atoms with Gasteiger partial charge < -0.3 is 19.4 Å². The summed E-state index contributed by atoms with van der Waals surface area (Å²) in [6.07, 6.45) is 5.52. The summed E-state index contributed by atoms with van der Waals surface area (Å²) < 4.78 is 6.12. The third-order valence-corrected chi connectivity index (χ3v) is 13.6. The Kier molecular flexibility index (Phi) is 12.5. The third-order valence-electron chi connectivity index (χ3n) is 13.6. The number of benzene rings is 9. The second kappa shape index (κ2) is 20.2. The molecular formula is C69H42IrN3O. The Labute approximate surface area is 443 Å². The molecule has 0 aliphatic carbocycles. The molecule has 4 nitrogen and oxygen atoms in total. The van der Waals surface area contributed by atoms with Gasteiger partial charge >= 0.3 is 20.1 Å². The summed E-state index contributed by atoms with van der Waals surface area (Å²) in [6.45, 7) is 0. The third kappa shape index (κ3) is 8.97. The molecule has 0 fully saturated rings. The Bertz CT molecular complexity index is 3970. The van der Waals surface area contributed by atoms with Gasteiger partial charge in [0.15, 0.2) is 0 Å². The van der Waals surface area contributed by atoms with Crippen LogP contribution in [0.5, 0.6) is 0 Å². The van der Waals surface area contributed by atoms with E-state index < -0.39 is 0 Å². The summed E-state index contributed by atoms with van der Waals surface area (Å²) in [5.41, 5.74) is 22.7. The number of hydrogen-bond donors (Lipinski definition) is 0. The Morgan fingerprint density at radius 3 is 1.12 bits per heavy atom. The van der Waals surface area contributed by atoms with E-state index in [1.165, 1.54) is 0 Å². The zero-order valence-corrected chi connectivity index (χ0v) is 42.2. The molecular weight excluding hydrogens is 1080 g/mol. The molecule has 0 atom stereocenters. The first-order valence-corrected chi connectivity index (χ1v) is 24.4. The molecule has 0 N–H and O–H groups in total. The fourth-order valence-electron chi connectivity index (χ4n) is 10.0. The summed E-state index contributed by atoms with van der Waals surface area (Å²) in [6, 6.07) is 93.5. The molecule has 9 aromatic carbocycles. The van der Waals surface area contributed by atoms with Crippen molar-refractivity contribution >= 4 is 21.9 Å². The van der Waals surface area contributed by atoms with Crippen molar-refractivity contribution in [3.8, 4) is 112 Å². The maximum Gasteiger partial charge on any atom is 3.00 e. The fraction of sp³-hybridized carbons (Fsp3) is 0. The summed E-state index contributed by atoms with van der Waals surface area (Å²) >= 11 is 0. The van der Waals surface area contributed by atoms with Gasteiger partial charge in [-0.25, -0.2) is 0 Å². The van der Waals surface area contributed by atoms with Crippen LogP contribution in [-0.4, -0.2) is 15.0 Å². The van der Waals surface area contributed by atoms with Gasteiger partial charge in [0.1, 0.15) is 11.2 Å². The van der Waals surface area contributed by atoms with Gasteiger partial charge in [-0.15, -0.1) is 89.5 Å². The van der Waals surface area contributed by atoms with Crippen LogP contribution in [-0.2, 0) is 20.1 Å². The topological polar surface area (TPSA) is 51.8 Å². The van der Waals surface area contributed by atoms with Crippen molar-refractivity contribution in [3.05, 3.63) is 273 Å². The van der Waals surface area contributed by atoms with Crippen LogP contribution >= 0.6 is 0 Å². The summed E-state index contributed by atoms with van der Waals surface area (Å²) in [5.74, 6) is 0. The first kappa shape index (κ1) is 46.0. The monoisotopic (exact) mass is 1120 g/mol. The van der Waals surface area contributed by atoms with Gasteiger partial charge in [0.2, 0.25) is 0 Å². The zero-order chi connectivity index (χ0) is 48.5. The van der Waals surface area contributed by atoms with Crippen LogP contribution in [0.1, 0.15) is 0 Å². The first-order valence-electron chi connectivity index (χ1n) is 24.4. The summed E-state index contributed by atoms with van der Waals surface area (Å²) in [7, 11) is 0. The number of aromatic nitrogens is 3. The van der Waals surface area contributed by atoms with Gasteiger partial charge in [0.05, 0.1) is 0 Å². The Morgan fingerprint density at radius 2 is 0.662 bits per heavy atom. The average molecular weight is 1120 g/mol. The van der Waals surface area contributed by atoms with Gasteiger partial charge in [-0.1, -0.05) is 161 Å². The number of fused-ring (bicyclic) bond motifs is 3. The molecule has 4 heterocycles. The maximum atomic E-state index is 6.12. The molecule has 0 radical (unpaired) electrons. The van der Waals surface area contributed by atoms with Crippen molar-refractivity contribution in [2.24, 2.45) is 0 Å². The molecule has 0 saturated heterocycles. The molecule has 74 heavy (non-hydrogen) atoms. The van der Waals surface area contributed by atoms with E-state index in [2.05, 4.69) is 216 Å². The van der Waals surface area contributed by atoms with E-state index in [0.29, 0.717) is 0 Å². The summed E-state index contributed by atoms with van der Waals surface area (Å²) in [4.78, 5) is 14.0. The van der Waals surface area contributed by atoms with Gasteiger partial charge in [0.25, 0.3) is 0 Å². The van der Waals surface area contributed by atoms with Crippen molar-refractivity contribution < 1.29 is 24.5 Å². The van der Waals surface area contributed by atoms with Crippen LogP contribution in [0.15, 0.2) is 260 Å². The van der Waals surface area contributed by atoms with Crippen molar-refractivity contribution in [1.82, 2.24) is 15.0 Å². The standard InChI is InChI=1S/C69H42N3O.Ir/c1-4-16-60(57(13-1)46-23-29-49(30-24-46)65-20-9-11-38-70-65)54-41-55(61-17-5-2-14-58(61)47-25-31-50(32-26-47)66-21-10-12-39-71-66)43-56(42-54)62-18-6-3-15-59(62)48-27-33-51(34-28-48)67-45-53(37-40-72-67)52-35-36-69-64(44-52)63-19-7-8-22-68(63)73-69;/h1-29,31,33,35-45H;/q-3;+3. The second-order valence-electron chi connectivity index (χ2n) is 18.1. The van der Waals surface area contributed by atoms with Crippen LogP contribution in [0, 0.1) is 18.2 Å². The van der Waals surface area contributed by atoms with Gasteiger partial charge in [-0.3, -0.25) is 0 Å². The van der Waals surface area contributed by atoms with E-state index in [4.69, 9.17) is 9.40 Å². The average Bonchev–Trinajstić information content (AvgIpc) is 3.86. The quantitative estimate of drug-likeness (QED) is 0.128. The van der Waals surface area contributed by atoms with E-state index in [9.17, 15) is 0 Å². The van der Waals surface area contributed by atoms with Gasteiger partial charge in [0, 0.05) is 29.4 Å². The number of rotatable bonds is 10. The van der Waals surface area contributed by atoms with E-state index >= 15 is 0 Å². The molecule has 0 saturated carbocycles. The molecule has 4 aromatic heterocycles. The van der Waals surface area contributed by atoms with Crippen LogP contribution in [0.25, 0.3) is 134 Å². The molecule has 0 unspecified atom stereocenters. The number of hydrogen-bond acceptors (Lipinski definition) is 4. The van der Waals surface area contributed by atoms with E-state index in [0.717, 1.165) is 134 Å². The van der Waals surface area contributed by atoms with Crippen molar-refractivity contribution in [2.45, 2.75) is 0 Å². The summed E-state index contributed by atoms with van der Waals surface area (Å²) in [5, 5.41) is 2.21. The van der Waals surface area contributed by atoms with Gasteiger partial charge in [-0.2, -0.15) is 0 Å². The van der Waals surface area contributed by atoms with E-state index in [-0.39, 0.29) is 20.1 Å². The largest absolute Gasteiger partial charge is 3.00 e. The molecule has 0 aliphatic rings. The molecule has 13 rings (SSSR count). The van der Waals surface area contributed by atoms with Crippen LogP contribution < -0.4 is 0 Å². The molecule has 0 amide bonds. The first-order chi connectivity index (χ1) is 36.2. The van der Waals surface area contributed by atoms with Crippen molar-refractivity contribution in [2.75, 3.05) is 0 Å². The van der Waals surface area contributed by atoms with Crippen LogP contribution in [0.2, 0.25) is 0 Å². The number of furan rings is 1. The van der Waals surface area contributed by atoms with Crippen molar-refractivity contribution in [3.63, 3.8) is 0 Å². The minimum absolute atomic E-state index is 0. The SMILES string of the molecule is [Ir+3].[c-]1cc(-c2ccccc2-c2cc(-c3ccccc3-c3c[c-]c(-c4ccccn4)cc3)cc(-c3ccccc3-c3c[c-]c(-c4cc(-c5ccc6oc7ccccc7c6c5)ccn4)cc3)c2)ccc1-c1ccccn1. The predicted octanol–water partition coefficient (Wildman–Crippen LogP) is 17.8. The zero-order valence-electron chi connectivity index (χ0n) is 39.8. The Balaban J connectivity index is 0.00000556. The van der Waals surface area contributed by atoms with Crippen LogP contribution in [0.4, 0.5) is 0 Å². The maximum absolute atomic E-state index is 6.12. The minimum atomic E-state index is 0. The normalized spacial score (nSPS) is 11.1. The fourth-order valence-corrected chi connectivity index (χ4v) is 10.0. The van der Waals surface area contributed by atoms with Crippen LogP contribution in [0.3, 0.4) is 0 Å². The predicted molar refractivity (Wildman–Crippen MR) is 298 cm³/mol. The molecule has 0 aliphatic heterocycles. The van der Waals surface area contributed by atoms with E-state index in [1.807, 2.05) is 67.1 Å². The number of pyridine rings is 3. The number of nitrogens with zero attached hydrogens (tertiary/aromatic N) is 3. The van der Waals surface area contributed by atoms with E-state index in [1.54, 1.807) is 0 Å². The molecule has 348 valence electrons. The smallest absolute Gasteiger partial charge is 0.456 e. The molecule has 5 heteroatoms. The molecule has 0 bridgehead atoms. The van der Waals surface area contributed by atoms with Gasteiger partial charge in [-0.05, 0) is 116 Å². The Morgan fingerprint density at radius 1 is 0.270 bits per heavy atom. The van der Waals surface area contributed by atoms with Crippen molar-refractivity contribution in [1.29, 1.82) is 0 Å². The minimum Gasteiger partial charge on any atom is -0.456 e. The molecule has 0 spiro atoms. The molecule has 13 aromatic rings. The number of para-hydroxylation sites is 1. The Hall–Kier alpha value is -9.12.